The highest BCUT2D eigenvalue weighted by Gasteiger charge is 2.07. The average Bonchev–Trinajstić information content (AvgIpc) is 3.11. The number of nitrogens with zero attached hydrogens (tertiary/aromatic N) is 1. The molecular weight excluding hydrogens is 316 g/mol. The largest absolute Gasteiger partial charge is 0.352 e. The van der Waals surface area contributed by atoms with Gasteiger partial charge in [0.1, 0.15) is 5.01 Å². The van der Waals surface area contributed by atoms with E-state index in [0.29, 0.717) is 24.1 Å². The van der Waals surface area contributed by atoms with Gasteiger partial charge in [-0.1, -0.05) is 42.3 Å². The summed E-state index contributed by atoms with van der Waals surface area (Å²) in [4.78, 5) is 16.8. The van der Waals surface area contributed by atoms with E-state index in [1.54, 1.807) is 35.6 Å². The molecule has 0 aliphatic heterocycles. The van der Waals surface area contributed by atoms with E-state index in [1.165, 1.54) is 0 Å². The number of amides is 1. The van der Waals surface area contributed by atoms with Crippen LogP contribution in [0.1, 0.15) is 21.6 Å². The van der Waals surface area contributed by atoms with E-state index in [1.807, 2.05) is 35.7 Å². The molecule has 0 spiro atoms. The predicted octanol–water partition coefficient (Wildman–Crippen LogP) is 3.76. The molecule has 3 nitrogen and oxygen atoms in total. The zero-order valence-corrected chi connectivity index (χ0v) is 13.8. The van der Waals surface area contributed by atoms with Gasteiger partial charge in [-0.15, -0.1) is 17.8 Å². The molecule has 0 fully saturated rings. The van der Waals surface area contributed by atoms with Gasteiger partial charge in [0.15, 0.2) is 0 Å². The molecule has 0 radical (unpaired) electrons. The molecular formula is C20H16N2OS. The molecule has 3 rings (SSSR count). The van der Waals surface area contributed by atoms with Crippen molar-refractivity contribution in [1.29, 1.82) is 0 Å². The van der Waals surface area contributed by atoms with Crippen molar-refractivity contribution in [2.45, 2.75) is 6.42 Å². The van der Waals surface area contributed by atoms with E-state index in [-0.39, 0.29) is 5.91 Å². The number of aromatic nitrogens is 1. The van der Waals surface area contributed by atoms with Crippen LogP contribution in [-0.4, -0.2) is 17.4 Å². The van der Waals surface area contributed by atoms with Crippen LogP contribution >= 0.6 is 11.3 Å². The van der Waals surface area contributed by atoms with Gasteiger partial charge >= 0.3 is 0 Å². The molecule has 0 aliphatic rings. The first kappa shape index (κ1) is 16.0. The lowest BCUT2D eigenvalue weighted by Crippen LogP contribution is -2.25. The fourth-order valence-corrected chi connectivity index (χ4v) is 3.15. The van der Waals surface area contributed by atoms with Crippen molar-refractivity contribution in [3.05, 3.63) is 76.8 Å². The number of benzene rings is 2. The van der Waals surface area contributed by atoms with E-state index in [2.05, 4.69) is 16.2 Å². The van der Waals surface area contributed by atoms with Crippen molar-refractivity contribution in [3.63, 3.8) is 0 Å². The van der Waals surface area contributed by atoms with Gasteiger partial charge < -0.3 is 5.32 Å². The molecule has 118 valence electrons. The summed E-state index contributed by atoms with van der Waals surface area (Å²) in [7, 11) is 0. The van der Waals surface area contributed by atoms with Crippen LogP contribution in [0.3, 0.4) is 0 Å². The molecule has 1 N–H and O–H groups in total. The van der Waals surface area contributed by atoms with Crippen molar-refractivity contribution in [2.24, 2.45) is 0 Å². The Labute approximate surface area is 145 Å². The zero-order chi connectivity index (χ0) is 16.8. The fourth-order valence-electron chi connectivity index (χ4n) is 2.29. The summed E-state index contributed by atoms with van der Waals surface area (Å²) < 4.78 is 0. The summed E-state index contributed by atoms with van der Waals surface area (Å²) in [5, 5.41) is 5.94. The predicted molar refractivity (Wildman–Crippen MR) is 98.0 cm³/mol. The van der Waals surface area contributed by atoms with Gasteiger partial charge in [0, 0.05) is 35.0 Å². The Bertz CT molecular complexity index is 878. The number of carbonyl (C=O) groups is 1. The average molecular weight is 332 g/mol. The summed E-state index contributed by atoms with van der Waals surface area (Å²) in [6, 6.07) is 17.1. The summed E-state index contributed by atoms with van der Waals surface area (Å²) in [5.41, 5.74) is 3.38. The first-order chi connectivity index (χ1) is 11.8. The molecule has 0 aliphatic carbocycles. The molecule has 2 aromatic carbocycles. The molecule has 3 aromatic rings. The summed E-state index contributed by atoms with van der Waals surface area (Å²) in [6.45, 7) is 0.539. The third-order valence-electron chi connectivity index (χ3n) is 3.53. The standard InChI is InChI=1S/C20H16N2OS/c1-2-15-7-6-10-17(13-15)19(23)21-12-11-18-14-24-20(22-18)16-8-4-3-5-9-16/h1,3-10,13-14H,11-12H2,(H,21,23). The Kier molecular flexibility index (Phi) is 5.05. The van der Waals surface area contributed by atoms with Crippen molar-refractivity contribution >= 4 is 17.2 Å². The van der Waals surface area contributed by atoms with E-state index in [9.17, 15) is 4.79 Å². The Morgan fingerprint density at radius 3 is 2.79 bits per heavy atom. The van der Waals surface area contributed by atoms with Crippen LogP contribution in [0.2, 0.25) is 0 Å². The van der Waals surface area contributed by atoms with Crippen molar-refractivity contribution < 1.29 is 4.79 Å². The van der Waals surface area contributed by atoms with Crippen LogP contribution in [0.25, 0.3) is 10.6 Å². The molecule has 4 heteroatoms. The van der Waals surface area contributed by atoms with Crippen LogP contribution < -0.4 is 5.32 Å². The van der Waals surface area contributed by atoms with Gasteiger partial charge in [-0.3, -0.25) is 4.79 Å². The number of hydrogen-bond donors (Lipinski definition) is 1. The summed E-state index contributed by atoms with van der Waals surface area (Å²) in [5.74, 6) is 2.41. The van der Waals surface area contributed by atoms with Gasteiger partial charge in [-0.2, -0.15) is 0 Å². The fraction of sp³-hybridized carbons (Fsp3) is 0.100. The number of terminal acetylenes is 1. The quantitative estimate of drug-likeness (QED) is 0.723. The van der Waals surface area contributed by atoms with Crippen molar-refractivity contribution in [2.75, 3.05) is 6.54 Å². The summed E-state index contributed by atoms with van der Waals surface area (Å²) >= 11 is 1.62. The molecule has 24 heavy (non-hydrogen) atoms. The number of rotatable bonds is 5. The van der Waals surface area contributed by atoms with Crippen LogP contribution in [0.4, 0.5) is 0 Å². The molecule has 0 bridgehead atoms. The highest BCUT2D eigenvalue weighted by Crippen LogP contribution is 2.23. The third kappa shape index (κ3) is 3.89. The maximum absolute atomic E-state index is 12.1. The SMILES string of the molecule is C#Cc1cccc(C(=O)NCCc2csc(-c3ccccc3)n2)c1. The molecule has 1 aromatic heterocycles. The minimum absolute atomic E-state index is 0.120. The molecule has 0 saturated heterocycles. The van der Waals surface area contributed by atoms with Gasteiger partial charge in [-0.05, 0) is 18.2 Å². The van der Waals surface area contributed by atoms with E-state index in [0.717, 1.165) is 16.3 Å². The van der Waals surface area contributed by atoms with Gasteiger partial charge in [0.25, 0.3) is 5.91 Å². The second kappa shape index (κ2) is 7.58. The van der Waals surface area contributed by atoms with E-state index >= 15 is 0 Å². The first-order valence-corrected chi connectivity index (χ1v) is 8.49. The minimum Gasteiger partial charge on any atom is -0.352 e. The maximum Gasteiger partial charge on any atom is 0.251 e. The first-order valence-electron chi connectivity index (χ1n) is 7.61. The lowest BCUT2D eigenvalue weighted by molar-refractivity contribution is 0.0954. The van der Waals surface area contributed by atoms with Crippen LogP contribution in [0.15, 0.2) is 60.0 Å². The van der Waals surface area contributed by atoms with Gasteiger partial charge in [-0.25, -0.2) is 4.98 Å². The monoisotopic (exact) mass is 332 g/mol. The second-order valence-electron chi connectivity index (χ2n) is 5.24. The van der Waals surface area contributed by atoms with E-state index < -0.39 is 0 Å². The van der Waals surface area contributed by atoms with Crippen molar-refractivity contribution in [1.82, 2.24) is 10.3 Å². The Morgan fingerprint density at radius 1 is 1.17 bits per heavy atom. The topological polar surface area (TPSA) is 42.0 Å². The lowest BCUT2D eigenvalue weighted by atomic mass is 10.1. The van der Waals surface area contributed by atoms with Crippen molar-refractivity contribution in [3.8, 4) is 22.9 Å². The highest BCUT2D eigenvalue weighted by molar-refractivity contribution is 7.13. The molecule has 0 saturated carbocycles. The zero-order valence-electron chi connectivity index (χ0n) is 13.0. The number of carbonyl (C=O) groups excluding carboxylic acids is 1. The van der Waals surface area contributed by atoms with Crippen LogP contribution in [0.5, 0.6) is 0 Å². The Hall–Kier alpha value is -2.90. The Balaban J connectivity index is 1.56. The second-order valence-corrected chi connectivity index (χ2v) is 6.10. The highest BCUT2D eigenvalue weighted by atomic mass is 32.1. The third-order valence-corrected chi connectivity index (χ3v) is 4.47. The smallest absolute Gasteiger partial charge is 0.251 e. The number of thiazole rings is 1. The number of nitrogens with one attached hydrogen (secondary N) is 1. The van der Waals surface area contributed by atoms with Crippen LogP contribution in [0, 0.1) is 12.3 Å². The molecule has 1 amide bonds. The maximum atomic E-state index is 12.1. The minimum atomic E-state index is -0.120. The van der Waals surface area contributed by atoms with Crippen LogP contribution in [-0.2, 0) is 6.42 Å². The lowest BCUT2D eigenvalue weighted by Gasteiger charge is -2.04. The molecule has 0 atom stereocenters. The van der Waals surface area contributed by atoms with E-state index in [4.69, 9.17) is 6.42 Å². The van der Waals surface area contributed by atoms with Gasteiger partial charge in [0.05, 0.1) is 5.69 Å². The Morgan fingerprint density at radius 2 is 2.00 bits per heavy atom. The molecule has 0 unspecified atom stereocenters. The normalized spacial score (nSPS) is 10.1. The van der Waals surface area contributed by atoms with Gasteiger partial charge in [0.2, 0.25) is 0 Å². The molecule has 1 heterocycles. The summed E-state index contributed by atoms with van der Waals surface area (Å²) in [6.07, 6.45) is 6.05. The number of hydrogen-bond acceptors (Lipinski definition) is 3.